The number of carbonyl (C=O) groups excluding carboxylic acids is 1. The van der Waals surface area contributed by atoms with Gasteiger partial charge in [0.25, 0.3) is 5.91 Å². The van der Waals surface area contributed by atoms with Crippen LogP contribution in [-0.4, -0.2) is 55.4 Å². The van der Waals surface area contributed by atoms with Gasteiger partial charge < -0.3 is 5.73 Å². The second-order valence-electron chi connectivity index (χ2n) is 8.74. The third kappa shape index (κ3) is 4.76. The number of anilines is 1. The molecule has 11 nitrogen and oxygen atoms in total. The minimum atomic E-state index is -0.477. The van der Waals surface area contributed by atoms with Crippen molar-refractivity contribution in [3.8, 4) is 5.82 Å². The first-order valence-corrected chi connectivity index (χ1v) is 11.7. The van der Waals surface area contributed by atoms with Crippen LogP contribution in [0.5, 0.6) is 0 Å². The number of nitrogens with one attached hydrogen (secondary N) is 1. The van der Waals surface area contributed by atoms with Gasteiger partial charge in [-0.3, -0.25) is 9.69 Å². The first kappa shape index (κ1) is 22.7. The van der Waals surface area contributed by atoms with Crippen LogP contribution in [0.2, 0.25) is 0 Å². The first-order valence-electron chi connectivity index (χ1n) is 11.7. The fourth-order valence-corrected chi connectivity index (χ4v) is 4.59. The van der Waals surface area contributed by atoms with Gasteiger partial charge in [-0.15, -0.1) is 5.10 Å². The Labute approximate surface area is 201 Å². The number of benzene rings is 2. The minimum absolute atomic E-state index is 0.0670. The van der Waals surface area contributed by atoms with Crippen LogP contribution >= 0.6 is 0 Å². The Morgan fingerprint density at radius 3 is 2.80 bits per heavy atom. The van der Waals surface area contributed by atoms with Crippen LogP contribution in [0.1, 0.15) is 53.8 Å². The molecule has 1 amide bonds. The fraction of sp³-hybridized carbons (Fsp3) is 0.333. The topological polar surface area (TPSA) is 140 Å². The van der Waals surface area contributed by atoms with Gasteiger partial charge in [0.15, 0.2) is 5.69 Å². The molecule has 2 heterocycles. The molecule has 0 spiro atoms. The fourth-order valence-electron chi connectivity index (χ4n) is 4.59. The summed E-state index contributed by atoms with van der Waals surface area (Å²) in [4.78, 5) is 15.3. The molecule has 0 saturated heterocycles. The maximum absolute atomic E-state index is 13.1. The predicted octanol–water partition coefficient (Wildman–Crippen LogP) is 2.91. The Morgan fingerprint density at radius 1 is 1.20 bits per heavy atom. The summed E-state index contributed by atoms with van der Waals surface area (Å²) in [5.41, 5.74) is 10.1. The Balaban J connectivity index is 1.40. The molecule has 11 heteroatoms. The van der Waals surface area contributed by atoms with Crippen LogP contribution in [-0.2, 0) is 6.54 Å². The molecule has 3 N–H and O–H groups in total. The van der Waals surface area contributed by atoms with E-state index < -0.39 is 5.91 Å². The van der Waals surface area contributed by atoms with E-state index in [9.17, 15) is 4.79 Å². The molecule has 0 atom stereocenters. The van der Waals surface area contributed by atoms with E-state index in [0.29, 0.717) is 18.3 Å². The highest BCUT2D eigenvalue weighted by molar-refractivity contribution is 6.00. The minimum Gasteiger partial charge on any atom is -0.378 e. The van der Waals surface area contributed by atoms with E-state index in [1.54, 1.807) is 6.21 Å². The van der Waals surface area contributed by atoms with E-state index >= 15 is 0 Å². The van der Waals surface area contributed by atoms with Crippen LogP contribution in [0, 0.1) is 0 Å². The zero-order chi connectivity index (χ0) is 24.2. The van der Waals surface area contributed by atoms with Crippen LogP contribution in [0.25, 0.3) is 16.6 Å². The second-order valence-corrected chi connectivity index (χ2v) is 8.74. The van der Waals surface area contributed by atoms with E-state index in [1.807, 2.05) is 49.5 Å². The molecule has 1 saturated carbocycles. The number of hydrogen-bond donors (Lipinski definition) is 2. The summed E-state index contributed by atoms with van der Waals surface area (Å²) in [5.74, 6) is -0.213. The van der Waals surface area contributed by atoms with Crippen LogP contribution in [0.15, 0.2) is 52.2 Å². The van der Waals surface area contributed by atoms with Crippen LogP contribution < -0.4 is 11.2 Å². The zero-order valence-electron chi connectivity index (χ0n) is 19.5. The molecule has 35 heavy (non-hydrogen) atoms. The molecule has 2 aromatic carbocycles. The van der Waals surface area contributed by atoms with Crippen molar-refractivity contribution in [3.05, 3.63) is 59.4 Å². The average Bonchev–Trinajstić information content (AvgIpc) is 3.50. The number of nitrogen functional groups attached to an aromatic ring is 1. The van der Waals surface area contributed by atoms with Gasteiger partial charge in [-0.2, -0.15) is 9.78 Å². The van der Waals surface area contributed by atoms with Gasteiger partial charge in [0.05, 0.1) is 11.9 Å². The Bertz CT molecular complexity index is 1350. The van der Waals surface area contributed by atoms with Gasteiger partial charge >= 0.3 is 0 Å². The standard InChI is InChI=1S/C24H27N9O2/c1-32(18-11-3-2-4-12-18)15-20-21(27-31-33(20)23-22(25)29-35-30-23)24(34)28-26-14-17-10-7-9-16-8-5-6-13-19(16)17/h5-10,13-14,18H,2-4,11-12,15H2,1H3,(H2,25,29)(H,28,34)/b26-14-. The summed E-state index contributed by atoms with van der Waals surface area (Å²) < 4.78 is 6.15. The maximum atomic E-state index is 13.1. The summed E-state index contributed by atoms with van der Waals surface area (Å²) in [6, 6.07) is 14.3. The number of aromatic nitrogens is 5. The molecular formula is C24H27N9O2. The summed E-state index contributed by atoms with van der Waals surface area (Å²) in [7, 11) is 2.04. The number of fused-ring (bicyclic) bond motifs is 1. The molecule has 4 aromatic rings. The van der Waals surface area contributed by atoms with Crippen molar-refractivity contribution in [2.75, 3.05) is 12.8 Å². The number of hydrogen-bond acceptors (Lipinski definition) is 9. The summed E-state index contributed by atoms with van der Waals surface area (Å²) >= 11 is 0. The largest absolute Gasteiger partial charge is 0.378 e. The van der Waals surface area contributed by atoms with Crippen molar-refractivity contribution in [1.82, 2.24) is 35.6 Å². The van der Waals surface area contributed by atoms with Gasteiger partial charge in [0.1, 0.15) is 0 Å². The quantitative estimate of drug-likeness (QED) is 0.308. The van der Waals surface area contributed by atoms with Gasteiger partial charge in [-0.1, -0.05) is 66.9 Å². The lowest BCUT2D eigenvalue weighted by Crippen LogP contribution is -2.34. The number of hydrazone groups is 1. The van der Waals surface area contributed by atoms with Crippen molar-refractivity contribution in [2.45, 2.75) is 44.7 Å². The summed E-state index contributed by atoms with van der Waals surface area (Å²) in [5, 5.41) is 22.0. The Kier molecular flexibility index (Phi) is 6.49. The van der Waals surface area contributed by atoms with Crippen molar-refractivity contribution in [1.29, 1.82) is 0 Å². The predicted molar refractivity (Wildman–Crippen MR) is 131 cm³/mol. The van der Waals surface area contributed by atoms with E-state index in [0.717, 1.165) is 29.2 Å². The second kappa shape index (κ2) is 10.0. The third-order valence-electron chi connectivity index (χ3n) is 6.46. The molecule has 1 aliphatic carbocycles. The number of nitrogens with two attached hydrogens (primary N) is 1. The lowest BCUT2D eigenvalue weighted by Gasteiger charge is -2.31. The number of nitrogens with zero attached hydrogens (tertiary/aromatic N) is 7. The van der Waals surface area contributed by atoms with Gasteiger partial charge in [0, 0.05) is 18.2 Å². The first-order chi connectivity index (χ1) is 17.1. The lowest BCUT2D eigenvalue weighted by atomic mass is 9.94. The van der Waals surface area contributed by atoms with Gasteiger partial charge in [-0.05, 0) is 41.0 Å². The molecule has 180 valence electrons. The highest BCUT2D eigenvalue weighted by Gasteiger charge is 2.27. The third-order valence-corrected chi connectivity index (χ3v) is 6.46. The maximum Gasteiger partial charge on any atom is 0.293 e. The molecule has 0 unspecified atom stereocenters. The number of rotatable bonds is 7. The normalized spacial score (nSPS) is 14.8. The molecule has 2 aromatic heterocycles. The molecule has 0 aliphatic heterocycles. The molecule has 1 fully saturated rings. The summed E-state index contributed by atoms with van der Waals surface area (Å²) in [6.45, 7) is 0.430. The molecule has 1 aliphatic rings. The monoisotopic (exact) mass is 473 g/mol. The van der Waals surface area contributed by atoms with E-state index in [1.165, 1.54) is 23.9 Å². The molecule has 0 radical (unpaired) electrons. The number of amides is 1. The Morgan fingerprint density at radius 2 is 2.00 bits per heavy atom. The van der Waals surface area contributed by atoms with Gasteiger partial charge in [0.2, 0.25) is 11.6 Å². The molecular weight excluding hydrogens is 446 g/mol. The van der Waals surface area contributed by atoms with Crippen molar-refractivity contribution >= 4 is 28.7 Å². The highest BCUT2D eigenvalue weighted by Crippen LogP contribution is 2.24. The van der Waals surface area contributed by atoms with E-state index in [2.05, 4.69) is 36.1 Å². The molecule has 5 rings (SSSR count). The highest BCUT2D eigenvalue weighted by atomic mass is 16.6. The smallest absolute Gasteiger partial charge is 0.293 e. The zero-order valence-corrected chi connectivity index (χ0v) is 19.5. The van der Waals surface area contributed by atoms with Crippen LogP contribution in [0.3, 0.4) is 0 Å². The van der Waals surface area contributed by atoms with Gasteiger partial charge in [-0.25, -0.2) is 10.1 Å². The summed E-state index contributed by atoms with van der Waals surface area (Å²) in [6.07, 6.45) is 7.50. The van der Waals surface area contributed by atoms with Crippen molar-refractivity contribution < 1.29 is 9.42 Å². The average molecular weight is 474 g/mol. The van der Waals surface area contributed by atoms with E-state index in [-0.39, 0.29) is 17.3 Å². The Hall–Kier alpha value is -4.12. The van der Waals surface area contributed by atoms with Crippen molar-refractivity contribution in [3.63, 3.8) is 0 Å². The lowest BCUT2D eigenvalue weighted by molar-refractivity contribution is 0.0947. The molecule has 0 bridgehead atoms. The van der Waals surface area contributed by atoms with Crippen LogP contribution in [0.4, 0.5) is 5.82 Å². The van der Waals surface area contributed by atoms with E-state index in [4.69, 9.17) is 10.4 Å². The SMILES string of the molecule is CN(Cc1c(C(=O)N/N=C\c2cccc3ccccc23)nnn1-c1nonc1N)C1CCCCC1. The number of carbonyl (C=O) groups is 1. The van der Waals surface area contributed by atoms with Crippen molar-refractivity contribution in [2.24, 2.45) is 5.10 Å².